The average molecular weight is 375 g/mol. The first-order valence-electron chi connectivity index (χ1n) is 8.56. The highest BCUT2D eigenvalue weighted by atomic mass is 19.3. The summed E-state index contributed by atoms with van der Waals surface area (Å²) in [7, 11) is 0. The Morgan fingerprint density at radius 3 is 2.74 bits per heavy atom. The Hall–Kier alpha value is -2.97. The minimum absolute atomic E-state index is 0.116. The number of nitrogens with zero attached hydrogens (tertiary/aromatic N) is 5. The lowest BCUT2D eigenvalue weighted by molar-refractivity contribution is 0.0705. The number of carbonyl (C=O) groups excluding carboxylic acids is 1. The molecule has 0 unspecified atom stereocenters. The standard InChI is InChI=1S/C18H16F3N5O/c19-13-5-3-11(4-6-13)17(27)25-7-1-2-12(9-25)14-8-15(16(20)21)26-18(24-14)22-10-23-26/h3-6,8,10,12,16H,1-2,7,9H2/t12-/m1/s1. The van der Waals surface area contributed by atoms with Gasteiger partial charge in [-0.15, -0.1) is 0 Å². The van der Waals surface area contributed by atoms with E-state index in [9.17, 15) is 18.0 Å². The number of benzene rings is 1. The first-order chi connectivity index (χ1) is 13.0. The van der Waals surface area contributed by atoms with E-state index in [1.165, 1.54) is 36.7 Å². The van der Waals surface area contributed by atoms with Crippen molar-refractivity contribution in [3.8, 4) is 0 Å². The van der Waals surface area contributed by atoms with E-state index >= 15 is 0 Å². The summed E-state index contributed by atoms with van der Waals surface area (Å²) < 4.78 is 40.8. The van der Waals surface area contributed by atoms with Gasteiger partial charge in [-0.2, -0.15) is 14.6 Å². The molecule has 3 aromatic rings. The molecule has 1 fully saturated rings. The maximum Gasteiger partial charge on any atom is 0.280 e. The van der Waals surface area contributed by atoms with Crippen LogP contribution in [-0.4, -0.2) is 43.5 Å². The SMILES string of the molecule is O=C(c1ccc(F)cc1)N1CCC[C@@H](c2cc(C(F)F)n3ncnc3n2)C1. The van der Waals surface area contributed by atoms with Crippen molar-refractivity contribution in [1.29, 1.82) is 0 Å². The molecule has 1 atom stereocenters. The highest BCUT2D eigenvalue weighted by Crippen LogP contribution is 2.29. The van der Waals surface area contributed by atoms with E-state index in [-0.39, 0.29) is 23.3 Å². The molecule has 0 radical (unpaired) electrons. The van der Waals surface area contributed by atoms with Gasteiger partial charge in [-0.3, -0.25) is 4.79 Å². The van der Waals surface area contributed by atoms with Crippen LogP contribution in [0.1, 0.15) is 46.9 Å². The van der Waals surface area contributed by atoms with Gasteiger partial charge in [-0.1, -0.05) is 0 Å². The topological polar surface area (TPSA) is 63.4 Å². The predicted molar refractivity (Wildman–Crippen MR) is 90.0 cm³/mol. The summed E-state index contributed by atoms with van der Waals surface area (Å²) in [5.41, 5.74) is 0.600. The lowest BCUT2D eigenvalue weighted by Crippen LogP contribution is -2.39. The molecule has 1 aliphatic heterocycles. The van der Waals surface area contributed by atoms with Crippen molar-refractivity contribution in [2.75, 3.05) is 13.1 Å². The lowest BCUT2D eigenvalue weighted by Gasteiger charge is -2.32. The molecule has 6 nitrogen and oxygen atoms in total. The molecule has 0 aliphatic carbocycles. The van der Waals surface area contributed by atoms with Crippen LogP contribution in [-0.2, 0) is 0 Å². The van der Waals surface area contributed by atoms with Gasteiger partial charge in [0, 0.05) is 24.6 Å². The van der Waals surface area contributed by atoms with Gasteiger partial charge in [0.2, 0.25) is 0 Å². The van der Waals surface area contributed by atoms with Gasteiger partial charge in [0.25, 0.3) is 18.1 Å². The monoisotopic (exact) mass is 375 g/mol. The number of hydrogen-bond donors (Lipinski definition) is 0. The fourth-order valence-corrected chi connectivity index (χ4v) is 3.40. The Labute approximate surface area is 152 Å². The van der Waals surface area contributed by atoms with Crippen LogP contribution in [0.25, 0.3) is 5.78 Å². The number of carbonyl (C=O) groups is 1. The van der Waals surface area contributed by atoms with Gasteiger partial charge in [0.15, 0.2) is 0 Å². The van der Waals surface area contributed by atoms with Crippen molar-refractivity contribution in [3.05, 3.63) is 59.4 Å². The van der Waals surface area contributed by atoms with Gasteiger partial charge in [0.1, 0.15) is 17.8 Å². The van der Waals surface area contributed by atoms with Gasteiger partial charge < -0.3 is 4.90 Å². The Kier molecular flexibility index (Phi) is 4.51. The molecule has 3 heterocycles. The first-order valence-corrected chi connectivity index (χ1v) is 8.56. The van der Waals surface area contributed by atoms with E-state index in [0.29, 0.717) is 24.3 Å². The second kappa shape index (κ2) is 6.98. The van der Waals surface area contributed by atoms with Crippen molar-refractivity contribution in [1.82, 2.24) is 24.5 Å². The Balaban J connectivity index is 1.60. The van der Waals surface area contributed by atoms with E-state index in [1.807, 2.05) is 0 Å². The maximum absolute atomic E-state index is 13.4. The molecule has 1 aliphatic rings. The molecule has 1 saturated heterocycles. The fourth-order valence-electron chi connectivity index (χ4n) is 3.40. The largest absolute Gasteiger partial charge is 0.338 e. The van der Waals surface area contributed by atoms with Crippen molar-refractivity contribution >= 4 is 11.7 Å². The molecule has 0 N–H and O–H groups in total. The number of rotatable bonds is 3. The van der Waals surface area contributed by atoms with Crippen LogP contribution in [0.3, 0.4) is 0 Å². The van der Waals surface area contributed by atoms with Gasteiger partial charge in [0.05, 0.1) is 5.69 Å². The summed E-state index contributed by atoms with van der Waals surface area (Å²) in [4.78, 5) is 22.6. The second-order valence-electron chi connectivity index (χ2n) is 6.48. The predicted octanol–water partition coefficient (Wildman–Crippen LogP) is 3.22. The molecular formula is C18H16F3N5O. The summed E-state index contributed by atoms with van der Waals surface area (Å²) in [6.45, 7) is 0.914. The van der Waals surface area contributed by atoms with Crippen LogP contribution in [0.2, 0.25) is 0 Å². The molecule has 1 aromatic carbocycles. The molecule has 9 heteroatoms. The highest BCUT2D eigenvalue weighted by molar-refractivity contribution is 5.94. The van der Waals surface area contributed by atoms with Gasteiger partial charge in [-0.05, 0) is 43.2 Å². The van der Waals surface area contributed by atoms with Gasteiger partial charge in [-0.25, -0.2) is 18.2 Å². The van der Waals surface area contributed by atoms with Gasteiger partial charge >= 0.3 is 0 Å². The molecule has 1 amide bonds. The Bertz CT molecular complexity index is 973. The summed E-state index contributed by atoms with van der Waals surface area (Å²) >= 11 is 0. The van der Waals surface area contributed by atoms with Crippen molar-refractivity contribution in [2.24, 2.45) is 0 Å². The van der Waals surface area contributed by atoms with E-state index in [1.54, 1.807) is 4.90 Å². The third kappa shape index (κ3) is 3.36. The summed E-state index contributed by atoms with van der Waals surface area (Å²) in [5.74, 6) is -0.683. The number of fused-ring (bicyclic) bond motifs is 1. The van der Waals surface area contributed by atoms with Crippen molar-refractivity contribution < 1.29 is 18.0 Å². The van der Waals surface area contributed by atoms with Crippen LogP contribution in [0.15, 0.2) is 36.7 Å². The van der Waals surface area contributed by atoms with E-state index < -0.39 is 12.2 Å². The number of likely N-dealkylation sites (tertiary alicyclic amines) is 1. The number of piperidine rings is 1. The Morgan fingerprint density at radius 1 is 1.22 bits per heavy atom. The zero-order valence-corrected chi connectivity index (χ0v) is 14.2. The van der Waals surface area contributed by atoms with E-state index in [2.05, 4.69) is 15.1 Å². The minimum atomic E-state index is -2.71. The molecule has 0 bridgehead atoms. The smallest absolute Gasteiger partial charge is 0.280 e. The zero-order chi connectivity index (χ0) is 19.0. The third-order valence-corrected chi connectivity index (χ3v) is 4.74. The van der Waals surface area contributed by atoms with Crippen LogP contribution in [0.5, 0.6) is 0 Å². The summed E-state index contributed by atoms with van der Waals surface area (Å²) in [6, 6.07) is 6.70. The average Bonchev–Trinajstić information content (AvgIpc) is 3.16. The zero-order valence-electron chi connectivity index (χ0n) is 14.2. The Morgan fingerprint density at radius 2 is 2.00 bits per heavy atom. The normalized spacial score (nSPS) is 17.6. The summed E-state index contributed by atoms with van der Waals surface area (Å²) in [6.07, 6.45) is -0.0751. The molecule has 27 heavy (non-hydrogen) atoms. The van der Waals surface area contributed by atoms with Crippen molar-refractivity contribution in [3.63, 3.8) is 0 Å². The van der Waals surface area contributed by atoms with E-state index in [0.717, 1.165) is 17.4 Å². The van der Waals surface area contributed by atoms with Crippen LogP contribution in [0.4, 0.5) is 13.2 Å². The molecule has 2 aromatic heterocycles. The van der Waals surface area contributed by atoms with Crippen LogP contribution in [0, 0.1) is 5.82 Å². The number of aromatic nitrogens is 4. The fraction of sp³-hybridized carbons (Fsp3) is 0.333. The van der Waals surface area contributed by atoms with Crippen LogP contribution < -0.4 is 0 Å². The van der Waals surface area contributed by atoms with Crippen molar-refractivity contribution in [2.45, 2.75) is 25.2 Å². The molecule has 140 valence electrons. The number of alkyl halides is 2. The number of hydrogen-bond acceptors (Lipinski definition) is 4. The maximum atomic E-state index is 13.4. The van der Waals surface area contributed by atoms with Crippen LogP contribution >= 0.6 is 0 Å². The lowest BCUT2D eigenvalue weighted by atomic mass is 9.93. The molecular weight excluding hydrogens is 359 g/mol. The third-order valence-electron chi connectivity index (χ3n) is 4.74. The molecule has 4 rings (SSSR count). The highest BCUT2D eigenvalue weighted by Gasteiger charge is 2.28. The summed E-state index contributed by atoms with van der Waals surface area (Å²) in [5, 5.41) is 3.78. The first kappa shape index (κ1) is 17.4. The number of amides is 1. The number of halogens is 3. The molecule has 0 saturated carbocycles. The minimum Gasteiger partial charge on any atom is -0.338 e. The van der Waals surface area contributed by atoms with E-state index in [4.69, 9.17) is 0 Å². The quantitative estimate of drug-likeness (QED) is 0.705. The second-order valence-corrected chi connectivity index (χ2v) is 6.48. The molecule has 0 spiro atoms.